The molecular weight excluding hydrogens is 405 g/mol. The van der Waals surface area contributed by atoms with Gasteiger partial charge < -0.3 is 15.4 Å². The van der Waals surface area contributed by atoms with E-state index in [1.54, 1.807) is 24.3 Å². The second-order valence-corrected chi connectivity index (χ2v) is 7.54. The smallest absolute Gasteiger partial charge is 0.421 e. The summed E-state index contributed by atoms with van der Waals surface area (Å²) in [5.74, 6) is 0.245. The minimum absolute atomic E-state index is 0.0685. The van der Waals surface area contributed by atoms with Gasteiger partial charge in [0, 0.05) is 11.9 Å². The summed E-state index contributed by atoms with van der Waals surface area (Å²) in [4.78, 5) is 8.01. The van der Waals surface area contributed by atoms with Crippen molar-refractivity contribution in [2.24, 2.45) is 0 Å². The zero-order valence-corrected chi connectivity index (χ0v) is 17.0. The van der Waals surface area contributed by atoms with Gasteiger partial charge in [0.25, 0.3) is 0 Å². The van der Waals surface area contributed by atoms with Gasteiger partial charge in [-0.3, -0.25) is 0 Å². The number of halogens is 3. The highest BCUT2D eigenvalue weighted by Gasteiger charge is 2.35. The van der Waals surface area contributed by atoms with Gasteiger partial charge in [0.15, 0.2) is 0 Å². The van der Waals surface area contributed by atoms with Crippen molar-refractivity contribution in [3.8, 4) is 5.75 Å². The fourth-order valence-electron chi connectivity index (χ4n) is 3.56. The number of rotatable bonds is 6. The molecule has 4 rings (SSSR count). The first-order valence-corrected chi connectivity index (χ1v) is 10.2. The average molecular weight is 428 g/mol. The lowest BCUT2D eigenvalue weighted by Gasteiger charge is -2.19. The van der Waals surface area contributed by atoms with Crippen LogP contribution in [0.25, 0.3) is 0 Å². The molecule has 0 unspecified atom stereocenters. The Hall–Kier alpha value is -3.29. The first-order chi connectivity index (χ1) is 14.9. The predicted molar refractivity (Wildman–Crippen MR) is 114 cm³/mol. The van der Waals surface area contributed by atoms with E-state index in [-0.39, 0.29) is 17.9 Å². The SMILES string of the molecule is Cc1ccccc1Nc1ncc(C(F)(F)F)c(Nc2ccccc2OC2CCCC2)n1. The zero-order chi connectivity index (χ0) is 21.8. The van der Waals surface area contributed by atoms with Crippen molar-refractivity contribution in [3.05, 3.63) is 65.9 Å². The van der Waals surface area contributed by atoms with Gasteiger partial charge in [-0.25, -0.2) is 4.98 Å². The Bertz CT molecular complexity index is 1050. The van der Waals surface area contributed by atoms with Crippen LogP contribution in [0.1, 0.15) is 36.8 Å². The number of para-hydroxylation sites is 3. The van der Waals surface area contributed by atoms with Gasteiger partial charge in [-0.1, -0.05) is 30.3 Å². The monoisotopic (exact) mass is 428 g/mol. The third-order valence-electron chi connectivity index (χ3n) is 5.22. The van der Waals surface area contributed by atoms with Gasteiger partial charge in [-0.05, 0) is 56.4 Å². The van der Waals surface area contributed by atoms with Gasteiger partial charge in [0.1, 0.15) is 17.1 Å². The summed E-state index contributed by atoms with van der Waals surface area (Å²) in [5, 5.41) is 5.82. The molecule has 0 saturated heterocycles. The number of nitrogens with one attached hydrogen (secondary N) is 2. The summed E-state index contributed by atoms with van der Waals surface area (Å²) >= 11 is 0. The van der Waals surface area contributed by atoms with Crippen LogP contribution >= 0.6 is 0 Å². The number of aromatic nitrogens is 2. The number of nitrogens with zero attached hydrogens (tertiary/aromatic N) is 2. The van der Waals surface area contributed by atoms with Gasteiger partial charge in [0.2, 0.25) is 5.95 Å². The van der Waals surface area contributed by atoms with Crippen LogP contribution in [-0.2, 0) is 6.18 Å². The van der Waals surface area contributed by atoms with Crippen LogP contribution in [0.15, 0.2) is 54.7 Å². The molecule has 1 aliphatic rings. The molecule has 31 heavy (non-hydrogen) atoms. The topological polar surface area (TPSA) is 59.1 Å². The molecule has 2 aromatic carbocycles. The van der Waals surface area contributed by atoms with Crippen molar-refractivity contribution >= 4 is 23.1 Å². The second-order valence-electron chi connectivity index (χ2n) is 7.54. The third kappa shape index (κ3) is 5.07. The van der Waals surface area contributed by atoms with E-state index in [1.165, 1.54) is 0 Å². The largest absolute Gasteiger partial charge is 0.488 e. The Morgan fingerprint density at radius 3 is 2.32 bits per heavy atom. The van der Waals surface area contributed by atoms with E-state index in [1.807, 2.05) is 31.2 Å². The van der Waals surface area contributed by atoms with Crippen molar-refractivity contribution < 1.29 is 17.9 Å². The maximum absolute atomic E-state index is 13.6. The first-order valence-electron chi connectivity index (χ1n) is 10.2. The molecule has 2 N–H and O–H groups in total. The lowest BCUT2D eigenvalue weighted by molar-refractivity contribution is -0.137. The Kier molecular flexibility index (Phi) is 5.97. The van der Waals surface area contributed by atoms with Gasteiger partial charge in [-0.15, -0.1) is 0 Å². The fourth-order valence-corrected chi connectivity index (χ4v) is 3.56. The summed E-state index contributed by atoms with van der Waals surface area (Å²) < 4.78 is 46.9. The van der Waals surface area contributed by atoms with Crippen molar-refractivity contribution in [1.29, 1.82) is 0 Å². The quantitative estimate of drug-likeness (QED) is 0.462. The van der Waals surface area contributed by atoms with Crippen molar-refractivity contribution in [2.75, 3.05) is 10.6 Å². The molecular formula is C23H23F3N4O. The van der Waals surface area contributed by atoms with E-state index in [0.29, 0.717) is 11.4 Å². The standard InChI is InChI=1S/C23H23F3N4O/c1-15-8-2-5-11-18(15)29-22-27-14-17(23(24,25)26)21(30-22)28-19-12-6-7-13-20(19)31-16-9-3-4-10-16/h2,5-8,11-14,16H,3-4,9-10H2,1H3,(H2,27,28,29,30). The number of aryl methyl sites for hydroxylation is 1. The lowest BCUT2D eigenvalue weighted by Crippen LogP contribution is -2.14. The molecule has 5 nitrogen and oxygen atoms in total. The van der Waals surface area contributed by atoms with Crippen LogP contribution in [0.3, 0.4) is 0 Å². The van der Waals surface area contributed by atoms with Crippen LogP contribution in [-0.4, -0.2) is 16.1 Å². The average Bonchev–Trinajstić information content (AvgIpc) is 3.24. The van der Waals surface area contributed by atoms with E-state index >= 15 is 0 Å². The molecule has 0 atom stereocenters. The lowest BCUT2D eigenvalue weighted by atomic mass is 10.2. The molecule has 1 heterocycles. The van der Waals surface area contributed by atoms with Crippen molar-refractivity contribution in [2.45, 2.75) is 44.9 Å². The summed E-state index contributed by atoms with van der Waals surface area (Å²) in [5.41, 5.74) is 1.13. The summed E-state index contributed by atoms with van der Waals surface area (Å²) in [6, 6.07) is 14.4. The second kappa shape index (κ2) is 8.83. The Balaban J connectivity index is 1.65. The number of hydrogen-bond acceptors (Lipinski definition) is 5. The van der Waals surface area contributed by atoms with E-state index in [0.717, 1.165) is 43.1 Å². The predicted octanol–water partition coefficient (Wildman–Crippen LogP) is 6.61. The molecule has 8 heteroatoms. The number of hydrogen-bond donors (Lipinski definition) is 2. The zero-order valence-electron chi connectivity index (χ0n) is 17.0. The van der Waals surface area contributed by atoms with Crippen LogP contribution in [0.4, 0.5) is 36.3 Å². The summed E-state index contributed by atoms with van der Waals surface area (Å²) in [7, 11) is 0. The van der Waals surface area contributed by atoms with Crippen LogP contribution in [0, 0.1) is 6.92 Å². The molecule has 1 fully saturated rings. The minimum Gasteiger partial charge on any atom is -0.488 e. The van der Waals surface area contributed by atoms with Crippen LogP contribution < -0.4 is 15.4 Å². The van der Waals surface area contributed by atoms with E-state index in [9.17, 15) is 13.2 Å². The first kappa shape index (κ1) is 21.0. The Morgan fingerprint density at radius 2 is 1.61 bits per heavy atom. The normalized spacial score (nSPS) is 14.5. The van der Waals surface area contributed by atoms with Gasteiger partial charge >= 0.3 is 6.18 Å². The molecule has 1 aromatic heterocycles. The maximum atomic E-state index is 13.6. The Morgan fingerprint density at radius 1 is 0.935 bits per heavy atom. The van der Waals surface area contributed by atoms with Crippen LogP contribution in [0.2, 0.25) is 0 Å². The minimum atomic E-state index is -4.61. The summed E-state index contributed by atoms with van der Waals surface area (Å²) in [6.45, 7) is 1.89. The van der Waals surface area contributed by atoms with Crippen molar-refractivity contribution in [1.82, 2.24) is 9.97 Å². The molecule has 0 amide bonds. The molecule has 1 saturated carbocycles. The van der Waals surface area contributed by atoms with E-state index in [4.69, 9.17) is 4.74 Å². The van der Waals surface area contributed by atoms with Crippen molar-refractivity contribution in [3.63, 3.8) is 0 Å². The number of benzene rings is 2. The molecule has 0 aliphatic heterocycles. The van der Waals surface area contributed by atoms with Crippen LogP contribution in [0.5, 0.6) is 5.75 Å². The number of alkyl halides is 3. The fraction of sp³-hybridized carbons (Fsp3) is 0.304. The van der Waals surface area contributed by atoms with Gasteiger partial charge in [-0.2, -0.15) is 18.2 Å². The highest BCUT2D eigenvalue weighted by molar-refractivity contribution is 5.68. The summed E-state index contributed by atoms with van der Waals surface area (Å²) in [6.07, 6.45) is 0.340. The highest BCUT2D eigenvalue weighted by Crippen LogP contribution is 2.38. The van der Waals surface area contributed by atoms with Gasteiger partial charge in [0.05, 0.1) is 11.8 Å². The maximum Gasteiger partial charge on any atom is 0.421 e. The highest BCUT2D eigenvalue weighted by atomic mass is 19.4. The molecule has 0 bridgehead atoms. The van der Waals surface area contributed by atoms with E-state index in [2.05, 4.69) is 20.6 Å². The molecule has 162 valence electrons. The molecule has 0 radical (unpaired) electrons. The number of anilines is 4. The number of ether oxygens (including phenoxy) is 1. The molecule has 1 aliphatic carbocycles. The third-order valence-corrected chi connectivity index (χ3v) is 5.22. The molecule has 3 aromatic rings. The van der Waals surface area contributed by atoms with E-state index < -0.39 is 11.7 Å². The Labute approximate surface area is 178 Å². The molecule has 0 spiro atoms.